The Hall–Kier alpha value is -2.25. The summed E-state index contributed by atoms with van der Waals surface area (Å²) in [6, 6.07) is 7.45. The summed E-state index contributed by atoms with van der Waals surface area (Å²) >= 11 is 0. The van der Waals surface area contributed by atoms with E-state index in [-0.39, 0.29) is 18.8 Å². The molecule has 0 radical (unpaired) electrons. The summed E-state index contributed by atoms with van der Waals surface area (Å²) in [5, 5.41) is 15.7. The van der Waals surface area contributed by atoms with E-state index in [1.54, 1.807) is 6.20 Å². The molecule has 1 aliphatic heterocycles. The maximum atomic E-state index is 9.24. The number of aliphatic hydroxyl groups is 1. The SMILES string of the molecule is C[C@H](CO)Nc1nc(NC[C@H]2CCCO2)cc(-c2ccccn2)n1. The molecule has 0 aliphatic carbocycles. The molecule has 0 unspecified atom stereocenters. The van der Waals surface area contributed by atoms with Gasteiger partial charge in [-0.15, -0.1) is 0 Å². The van der Waals surface area contributed by atoms with Gasteiger partial charge in [-0.25, -0.2) is 4.98 Å². The van der Waals surface area contributed by atoms with Gasteiger partial charge in [-0.05, 0) is 31.9 Å². The highest BCUT2D eigenvalue weighted by molar-refractivity contribution is 5.61. The van der Waals surface area contributed by atoms with Crippen molar-refractivity contribution in [1.82, 2.24) is 15.0 Å². The molecule has 0 aromatic carbocycles. The molecular weight excluding hydrogens is 306 g/mol. The molecule has 1 saturated heterocycles. The Morgan fingerprint density at radius 2 is 2.25 bits per heavy atom. The van der Waals surface area contributed by atoms with Crippen LogP contribution in [0.1, 0.15) is 19.8 Å². The Morgan fingerprint density at radius 3 is 2.96 bits per heavy atom. The van der Waals surface area contributed by atoms with Crippen LogP contribution in [0.15, 0.2) is 30.5 Å². The van der Waals surface area contributed by atoms with Crippen molar-refractivity contribution < 1.29 is 9.84 Å². The number of aromatic nitrogens is 3. The average molecular weight is 329 g/mol. The normalized spacial score (nSPS) is 18.3. The standard InChI is InChI=1S/C17H23N5O2/c1-12(11-23)20-17-21-15(14-6-2-3-7-18-14)9-16(22-17)19-10-13-5-4-8-24-13/h2-3,6-7,9,12-13,23H,4-5,8,10-11H2,1H3,(H2,19,20,21,22)/t12-,13-/m1/s1. The van der Waals surface area contributed by atoms with Crippen LogP contribution in [0.3, 0.4) is 0 Å². The summed E-state index contributed by atoms with van der Waals surface area (Å²) in [5.41, 5.74) is 1.51. The van der Waals surface area contributed by atoms with Crippen molar-refractivity contribution >= 4 is 11.8 Å². The lowest BCUT2D eigenvalue weighted by atomic mass is 10.2. The van der Waals surface area contributed by atoms with Crippen molar-refractivity contribution in [3.63, 3.8) is 0 Å². The molecule has 3 N–H and O–H groups in total. The van der Waals surface area contributed by atoms with Crippen LogP contribution in [0.25, 0.3) is 11.4 Å². The van der Waals surface area contributed by atoms with Crippen LogP contribution in [-0.2, 0) is 4.74 Å². The van der Waals surface area contributed by atoms with Crippen molar-refractivity contribution in [2.24, 2.45) is 0 Å². The van der Waals surface area contributed by atoms with Crippen molar-refractivity contribution in [3.8, 4) is 11.4 Å². The zero-order chi connectivity index (χ0) is 16.8. The van der Waals surface area contributed by atoms with Crippen LogP contribution in [0.2, 0.25) is 0 Å². The molecule has 3 heterocycles. The van der Waals surface area contributed by atoms with Crippen molar-refractivity contribution in [2.75, 3.05) is 30.4 Å². The Labute approximate surface area is 141 Å². The smallest absolute Gasteiger partial charge is 0.225 e. The van der Waals surface area contributed by atoms with Gasteiger partial charge < -0.3 is 20.5 Å². The Morgan fingerprint density at radius 1 is 1.33 bits per heavy atom. The topological polar surface area (TPSA) is 92.2 Å². The van der Waals surface area contributed by atoms with Crippen LogP contribution in [0, 0.1) is 0 Å². The minimum Gasteiger partial charge on any atom is -0.394 e. The lowest BCUT2D eigenvalue weighted by molar-refractivity contribution is 0.120. The van der Waals surface area contributed by atoms with Crippen LogP contribution in [0.4, 0.5) is 11.8 Å². The fraction of sp³-hybridized carbons (Fsp3) is 0.471. The fourth-order valence-corrected chi connectivity index (χ4v) is 2.54. The molecule has 128 valence electrons. The quantitative estimate of drug-likeness (QED) is 0.714. The van der Waals surface area contributed by atoms with Gasteiger partial charge in [-0.2, -0.15) is 4.98 Å². The minimum absolute atomic E-state index is 0.00977. The molecule has 2 aromatic rings. The number of ether oxygens (including phenoxy) is 1. The zero-order valence-electron chi connectivity index (χ0n) is 13.8. The first-order valence-electron chi connectivity index (χ1n) is 8.28. The van der Waals surface area contributed by atoms with Gasteiger partial charge in [0.25, 0.3) is 0 Å². The van der Waals surface area contributed by atoms with Gasteiger partial charge in [-0.1, -0.05) is 6.07 Å². The second-order valence-corrected chi connectivity index (χ2v) is 5.92. The second-order valence-electron chi connectivity index (χ2n) is 5.92. The number of nitrogens with zero attached hydrogens (tertiary/aromatic N) is 3. The van der Waals surface area contributed by atoms with E-state index in [0.29, 0.717) is 18.3 Å². The molecule has 7 nitrogen and oxygen atoms in total. The van der Waals surface area contributed by atoms with Gasteiger partial charge in [0.15, 0.2) is 0 Å². The van der Waals surface area contributed by atoms with E-state index < -0.39 is 0 Å². The predicted molar refractivity (Wildman–Crippen MR) is 92.9 cm³/mol. The first kappa shape index (κ1) is 16.6. The molecule has 2 aromatic heterocycles. The minimum atomic E-state index is -0.130. The first-order valence-corrected chi connectivity index (χ1v) is 8.28. The van der Waals surface area contributed by atoms with Gasteiger partial charge in [0.2, 0.25) is 5.95 Å². The highest BCUT2D eigenvalue weighted by atomic mass is 16.5. The maximum absolute atomic E-state index is 9.24. The molecular formula is C17H23N5O2. The molecule has 0 saturated carbocycles. The van der Waals surface area contributed by atoms with Crippen LogP contribution in [-0.4, -0.2) is 52.0 Å². The van der Waals surface area contributed by atoms with Crippen LogP contribution in [0.5, 0.6) is 0 Å². The molecule has 0 bridgehead atoms. The van der Waals surface area contributed by atoms with Gasteiger partial charge in [0.05, 0.1) is 24.1 Å². The predicted octanol–water partition coefficient (Wildman–Crippen LogP) is 1.92. The summed E-state index contributed by atoms with van der Waals surface area (Å²) in [6.45, 7) is 3.43. The summed E-state index contributed by atoms with van der Waals surface area (Å²) in [5.74, 6) is 1.18. The molecule has 1 fully saturated rings. The zero-order valence-corrected chi connectivity index (χ0v) is 13.8. The molecule has 2 atom stereocenters. The lowest BCUT2D eigenvalue weighted by Crippen LogP contribution is -2.22. The number of anilines is 2. The Balaban J connectivity index is 1.81. The summed E-state index contributed by atoms with van der Waals surface area (Å²) in [6.07, 6.45) is 4.14. The third-order valence-corrected chi connectivity index (χ3v) is 3.84. The summed E-state index contributed by atoms with van der Waals surface area (Å²) < 4.78 is 5.63. The third-order valence-electron chi connectivity index (χ3n) is 3.84. The van der Waals surface area contributed by atoms with Crippen molar-refractivity contribution in [3.05, 3.63) is 30.5 Å². The Bertz CT molecular complexity index is 647. The van der Waals surface area contributed by atoms with E-state index in [9.17, 15) is 5.11 Å². The molecule has 7 heteroatoms. The molecule has 0 amide bonds. The van der Waals surface area contributed by atoms with Crippen molar-refractivity contribution in [1.29, 1.82) is 0 Å². The molecule has 3 rings (SSSR count). The number of pyridine rings is 1. The van der Waals surface area contributed by atoms with Crippen LogP contribution < -0.4 is 10.6 Å². The van der Waals surface area contributed by atoms with Crippen LogP contribution >= 0.6 is 0 Å². The van der Waals surface area contributed by atoms with Gasteiger partial charge in [0.1, 0.15) is 5.82 Å². The van der Waals surface area contributed by atoms with Crippen molar-refractivity contribution in [2.45, 2.75) is 31.9 Å². The van der Waals surface area contributed by atoms with E-state index in [4.69, 9.17) is 4.74 Å². The molecule has 24 heavy (non-hydrogen) atoms. The van der Waals surface area contributed by atoms with E-state index >= 15 is 0 Å². The summed E-state index contributed by atoms with van der Waals surface area (Å²) in [4.78, 5) is 13.3. The van der Waals surface area contributed by atoms with Gasteiger partial charge in [0, 0.05) is 31.5 Å². The highest BCUT2D eigenvalue weighted by Gasteiger charge is 2.16. The van der Waals surface area contributed by atoms with Gasteiger partial charge in [-0.3, -0.25) is 4.98 Å². The molecule has 0 spiro atoms. The van der Waals surface area contributed by atoms with Gasteiger partial charge >= 0.3 is 0 Å². The monoisotopic (exact) mass is 329 g/mol. The number of hydrogen-bond acceptors (Lipinski definition) is 7. The van der Waals surface area contributed by atoms with E-state index in [2.05, 4.69) is 25.6 Å². The van der Waals surface area contributed by atoms with E-state index in [0.717, 1.165) is 30.8 Å². The summed E-state index contributed by atoms with van der Waals surface area (Å²) in [7, 11) is 0. The Kier molecular flexibility index (Phi) is 5.55. The highest BCUT2D eigenvalue weighted by Crippen LogP contribution is 2.20. The maximum Gasteiger partial charge on any atom is 0.225 e. The number of aliphatic hydroxyl groups excluding tert-OH is 1. The number of hydrogen-bond donors (Lipinski definition) is 3. The van der Waals surface area contributed by atoms with E-state index in [1.165, 1.54) is 0 Å². The fourth-order valence-electron chi connectivity index (χ4n) is 2.54. The lowest BCUT2D eigenvalue weighted by Gasteiger charge is -2.15. The second kappa shape index (κ2) is 8.03. The average Bonchev–Trinajstić information content (AvgIpc) is 3.14. The van der Waals surface area contributed by atoms with E-state index in [1.807, 2.05) is 31.2 Å². The third kappa shape index (κ3) is 4.39. The number of rotatable bonds is 7. The first-order chi connectivity index (χ1) is 11.7. The molecule has 1 aliphatic rings. The largest absolute Gasteiger partial charge is 0.394 e. The number of nitrogens with one attached hydrogen (secondary N) is 2.